The van der Waals surface area contributed by atoms with Gasteiger partial charge in [-0.2, -0.15) is 4.31 Å². The highest BCUT2D eigenvalue weighted by molar-refractivity contribution is 7.89. The Balaban J connectivity index is 1.58. The molecule has 3 heterocycles. The molecule has 2 aliphatic rings. The third-order valence-corrected chi connectivity index (χ3v) is 8.64. The van der Waals surface area contributed by atoms with Gasteiger partial charge in [-0.1, -0.05) is 18.2 Å². The van der Waals surface area contributed by atoms with Crippen molar-refractivity contribution >= 4 is 27.3 Å². The second kappa shape index (κ2) is 8.66. The minimum atomic E-state index is -3.71. The molecule has 1 saturated heterocycles. The van der Waals surface area contributed by atoms with E-state index in [1.54, 1.807) is 31.4 Å². The zero-order valence-electron chi connectivity index (χ0n) is 17.0. The van der Waals surface area contributed by atoms with Crippen molar-refractivity contribution in [3.63, 3.8) is 0 Å². The lowest BCUT2D eigenvalue weighted by Gasteiger charge is -2.44. The molecule has 7 nitrogen and oxygen atoms in total. The summed E-state index contributed by atoms with van der Waals surface area (Å²) in [6.07, 6.45) is 1.37. The van der Waals surface area contributed by atoms with Gasteiger partial charge < -0.3 is 14.4 Å². The van der Waals surface area contributed by atoms with Gasteiger partial charge in [0, 0.05) is 38.7 Å². The first-order valence-corrected chi connectivity index (χ1v) is 12.3. The molecule has 0 bridgehead atoms. The van der Waals surface area contributed by atoms with Crippen molar-refractivity contribution in [1.82, 2.24) is 9.21 Å². The molecule has 2 aliphatic heterocycles. The lowest BCUT2D eigenvalue weighted by atomic mass is 9.78. The van der Waals surface area contributed by atoms with Crippen LogP contribution in [0, 0.1) is 5.41 Å². The largest absolute Gasteiger partial charge is 0.492 e. The Morgan fingerprint density at radius 1 is 1.20 bits per heavy atom. The van der Waals surface area contributed by atoms with Gasteiger partial charge in [0.2, 0.25) is 10.0 Å². The summed E-state index contributed by atoms with van der Waals surface area (Å²) in [5.74, 6) is 0.428. The Morgan fingerprint density at radius 3 is 2.67 bits per heavy atom. The molecule has 1 spiro atoms. The van der Waals surface area contributed by atoms with E-state index in [-0.39, 0.29) is 22.8 Å². The third-order valence-electron chi connectivity index (χ3n) is 5.90. The molecule has 0 radical (unpaired) electrons. The van der Waals surface area contributed by atoms with Crippen LogP contribution in [0.15, 0.2) is 46.7 Å². The Bertz CT molecular complexity index is 983. The van der Waals surface area contributed by atoms with E-state index in [0.717, 1.165) is 4.88 Å². The molecular weight excluding hydrogens is 424 g/mol. The van der Waals surface area contributed by atoms with Gasteiger partial charge >= 0.3 is 0 Å². The minimum absolute atomic E-state index is 0.0424. The number of sulfonamides is 1. The molecule has 0 aliphatic carbocycles. The first kappa shape index (κ1) is 21.3. The highest BCUT2D eigenvalue weighted by atomic mass is 32.2. The zero-order chi connectivity index (χ0) is 21.2. The van der Waals surface area contributed by atoms with Crippen LogP contribution in [-0.4, -0.2) is 70.0 Å². The Hall–Kier alpha value is -1.94. The van der Waals surface area contributed by atoms with E-state index >= 15 is 0 Å². The predicted octanol–water partition coefficient (Wildman–Crippen LogP) is 2.70. The SMILES string of the molecule is COCCN1CC2(CCN(C(=O)c3cccs3)CC2)COc2ccccc2S1(=O)=O. The number of benzene rings is 1. The fourth-order valence-corrected chi connectivity index (χ4v) is 6.45. The molecule has 0 atom stereocenters. The minimum Gasteiger partial charge on any atom is -0.492 e. The number of rotatable bonds is 4. The van der Waals surface area contributed by atoms with E-state index in [1.165, 1.54) is 15.6 Å². The van der Waals surface area contributed by atoms with E-state index < -0.39 is 10.0 Å². The molecule has 1 aromatic carbocycles. The predicted molar refractivity (Wildman–Crippen MR) is 114 cm³/mol. The zero-order valence-corrected chi connectivity index (χ0v) is 18.6. The van der Waals surface area contributed by atoms with Crippen molar-refractivity contribution in [2.45, 2.75) is 17.7 Å². The number of hydrogen-bond acceptors (Lipinski definition) is 6. The first-order chi connectivity index (χ1) is 14.5. The number of hydrogen-bond donors (Lipinski definition) is 0. The molecule has 30 heavy (non-hydrogen) atoms. The van der Waals surface area contributed by atoms with Gasteiger partial charge in [-0.25, -0.2) is 8.42 Å². The summed E-state index contributed by atoms with van der Waals surface area (Å²) in [6, 6.07) is 10.5. The van der Waals surface area contributed by atoms with Crippen LogP contribution in [0.3, 0.4) is 0 Å². The number of thiophene rings is 1. The quantitative estimate of drug-likeness (QED) is 0.716. The van der Waals surface area contributed by atoms with E-state index in [2.05, 4.69) is 0 Å². The number of carbonyl (C=O) groups excluding carboxylic acids is 1. The van der Waals surface area contributed by atoms with Crippen molar-refractivity contribution < 1.29 is 22.7 Å². The molecule has 0 unspecified atom stereocenters. The molecule has 1 fully saturated rings. The first-order valence-electron chi connectivity index (χ1n) is 9.99. The van der Waals surface area contributed by atoms with Gasteiger partial charge in [-0.15, -0.1) is 11.3 Å². The van der Waals surface area contributed by atoms with Crippen LogP contribution in [0.5, 0.6) is 5.75 Å². The number of likely N-dealkylation sites (tertiary alicyclic amines) is 1. The van der Waals surface area contributed by atoms with Crippen molar-refractivity contribution in [2.24, 2.45) is 5.41 Å². The van der Waals surface area contributed by atoms with Crippen LogP contribution in [0.2, 0.25) is 0 Å². The number of fused-ring (bicyclic) bond motifs is 1. The number of amides is 1. The van der Waals surface area contributed by atoms with Crippen LogP contribution >= 0.6 is 11.3 Å². The molecule has 2 aromatic rings. The molecule has 4 rings (SSSR count). The van der Waals surface area contributed by atoms with Crippen LogP contribution in [0.1, 0.15) is 22.5 Å². The number of carbonyl (C=O) groups is 1. The van der Waals surface area contributed by atoms with E-state index in [0.29, 0.717) is 51.4 Å². The molecular formula is C21H26N2O5S2. The molecule has 162 valence electrons. The van der Waals surface area contributed by atoms with Crippen molar-refractivity contribution in [3.8, 4) is 5.75 Å². The second-order valence-corrected chi connectivity index (χ2v) is 10.7. The normalized spacial score (nSPS) is 20.8. The van der Waals surface area contributed by atoms with Gasteiger partial charge in [-0.3, -0.25) is 4.79 Å². The van der Waals surface area contributed by atoms with E-state index in [1.807, 2.05) is 22.4 Å². The summed E-state index contributed by atoms with van der Waals surface area (Å²) >= 11 is 1.44. The fourth-order valence-electron chi connectivity index (χ4n) is 4.09. The maximum absolute atomic E-state index is 13.4. The average Bonchev–Trinajstić information content (AvgIpc) is 3.30. The third kappa shape index (κ3) is 4.12. The Morgan fingerprint density at radius 2 is 1.97 bits per heavy atom. The fraction of sp³-hybridized carbons (Fsp3) is 0.476. The smallest absolute Gasteiger partial charge is 0.263 e. The maximum Gasteiger partial charge on any atom is 0.263 e. The standard InChI is InChI=1S/C21H26N2O5S2/c1-27-13-12-23-15-21(16-28-17-5-2-3-7-19(17)30(23,25)26)8-10-22(11-9-21)20(24)18-6-4-14-29-18/h2-7,14H,8-13,15-16H2,1H3. The van der Waals surface area contributed by atoms with Gasteiger partial charge in [0.15, 0.2) is 0 Å². The van der Waals surface area contributed by atoms with Gasteiger partial charge in [0.25, 0.3) is 5.91 Å². The summed E-state index contributed by atoms with van der Waals surface area (Å²) in [5, 5.41) is 1.90. The summed E-state index contributed by atoms with van der Waals surface area (Å²) in [7, 11) is -2.14. The highest BCUT2D eigenvalue weighted by Gasteiger charge is 2.43. The average molecular weight is 451 g/mol. The monoisotopic (exact) mass is 450 g/mol. The lowest BCUT2D eigenvalue weighted by molar-refractivity contribution is 0.0278. The summed E-state index contributed by atoms with van der Waals surface area (Å²) in [6.45, 7) is 2.55. The van der Waals surface area contributed by atoms with Gasteiger partial charge in [0.05, 0.1) is 18.1 Å². The van der Waals surface area contributed by atoms with Gasteiger partial charge in [0.1, 0.15) is 10.6 Å². The molecule has 1 aromatic heterocycles. The maximum atomic E-state index is 13.4. The lowest BCUT2D eigenvalue weighted by Crippen LogP contribution is -2.52. The van der Waals surface area contributed by atoms with Crippen molar-refractivity contribution in [2.75, 3.05) is 46.5 Å². The summed E-state index contributed by atoms with van der Waals surface area (Å²) < 4.78 is 39.5. The van der Waals surface area contributed by atoms with Crippen LogP contribution in [0.25, 0.3) is 0 Å². The number of ether oxygens (including phenoxy) is 2. The van der Waals surface area contributed by atoms with E-state index in [9.17, 15) is 13.2 Å². The molecule has 1 amide bonds. The number of para-hydroxylation sites is 1. The van der Waals surface area contributed by atoms with Gasteiger partial charge in [-0.05, 0) is 36.4 Å². The Labute approximate surface area is 181 Å². The summed E-state index contributed by atoms with van der Waals surface area (Å²) in [5.41, 5.74) is -0.347. The topological polar surface area (TPSA) is 76.2 Å². The molecule has 0 N–H and O–H groups in total. The highest BCUT2D eigenvalue weighted by Crippen LogP contribution is 2.39. The Kier molecular flexibility index (Phi) is 6.15. The van der Waals surface area contributed by atoms with Crippen molar-refractivity contribution in [1.29, 1.82) is 0 Å². The number of piperidine rings is 1. The molecule has 9 heteroatoms. The van der Waals surface area contributed by atoms with E-state index in [4.69, 9.17) is 9.47 Å². The molecule has 0 saturated carbocycles. The van der Waals surface area contributed by atoms with Crippen molar-refractivity contribution in [3.05, 3.63) is 46.7 Å². The van der Waals surface area contributed by atoms with Crippen LogP contribution < -0.4 is 4.74 Å². The summed E-state index contributed by atoms with van der Waals surface area (Å²) in [4.78, 5) is 15.5. The van der Waals surface area contributed by atoms with Crippen LogP contribution in [0.4, 0.5) is 0 Å². The number of nitrogens with zero attached hydrogens (tertiary/aromatic N) is 2. The second-order valence-electron chi connectivity index (χ2n) is 7.84. The van der Waals surface area contributed by atoms with Crippen LogP contribution in [-0.2, 0) is 14.8 Å². The number of methoxy groups -OCH3 is 1.